The predicted molar refractivity (Wildman–Crippen MR) is 107 cm³/mol. The number of amides is 1. The van der Waals surface area contributed by atoms with Crippen LogP contribution in [-0.4, -0.2) is 54.6 Å². The third-order valence-corrected chi connectivity index (χ3v) is 4.95. The molecule has 1 aliphatic rings. The van der Waals surface area contributed by atoms with Crippen molar-refractivity contribution in [1.82, 2.24) is 4.90 Å². The van der Waals surface area contributed by atoms with Gasteiger partial charge in [-0.05, 0) is 43.8 Å². The summed E-state index contributed by atoms with van der Waals surface area (Å²) in [4.78, 5) is 28.8. The van der Waals surface area contributed by atoms with Crippen LogP contribution in [0, 0.1) is 6.92 Å². The monoisotopic (exact) mass is 367 g/mol. The molecule has 27 heavy (non-hydrogen) atoms. The molecule has 2 aromatic carbocycles. The van der Waals surface area contributed by atoms with Gasteiger partial charge in [0, 0.05) is 37.4 Å². The molecule has 0 spiro atoms. The van der Waals surface area contributed by atoms with Crippen molar-refractivity contribution in [2.24, 2.45) is 0 Å². The Labute approximate surface area is 159 Å². The second-order valence-electron chi connectivity index (χ2n) is 6.78. The molecule has 142 valence electrons. The van der Waals surface area contributed by atoms with Gasteiger partial charge < -0.3 is 20.2 Å². The van der Waals surface area contributed by atoms with Crippen LogP contribution in [0.3, 0.4) is 0 Å². The van der Waals surface area contributed by atoms with Crippen molar-refractivity contribution in [3.63, 3.8) is 0 Å². The molecule has 2 aromatic rings. The molecule has 1 saturated heterocycles. The number of likely N-dealkylation sites (N-methyl/N-ethyl adjacent to an activating group) is 1. The number of anilines is 2. The summed E-state index contributed by atoms with van der Waals surface area (Å²) < 4.78 is 0. The number of aromatic carboxylic acids is 1. The van der Waals surface area contributed by atoms with Gasteiger partial charge >= 0.3 is 5.97 Å². The molecule has 1 aliphatic heterocycles. The quantitative estimate of drug-likeness (QED) is 0.850. The summed E-state index contributed by atoms with van der Waals surface area (Å²) in [5, 5.41) is 12.4. The lowest BCUT2D eigenvalue weighted by atomic mass is 10.1. The lowest BCUT2D eigenvalue weighted by Crippen LogP contribution is -2.46. The number of nitrogens with zero attached hydrogens (tertiary/aromatic N) is 2. The van der Waals surface area contributed by atoms with E-state index in [1.807, 2.05) is 19.1 Å². The highest BCUT2D eigenvalue weighted by Gasteiger charge is 2.19. The third kappa shape index (κ3) is 4.46. The van der Waals surface area contributed by atoms with E-state index in [9.17, 15) is 14.7 Å². The number of carboxylic acid groups (broad SMARTS) is 1. The van der Waals surface area contributed by atoms with E-state index < -0.39 is 5.97 Å². The zero-order chi connectivity index (χ0) is 19.4. The standard InChI is InChI=1S/C21H25N3O3/c1-3-23-9-11-24(12-10-23)17-7-8-19(18(14-17)21(26)27)22-20(25)16-6-4-5-15(2)13-16/h4-8,13-14H,3,9-12H2,1-2H3,(H,22,25)(H,26,27). The number of hydrogen-bond acceptors (Lipinski definition) is 4. The van der Waals surface area contributed by atoms with Gasteiger partial charge in [-0.2, -0.15) is 0 Å². The molecule has 0 saturated carbocycles. The van der Waals surface area contributed by atoms with Gasteiger partial charge in [0.15, 0.2) is 0 Å². The maximum Gasteiger partial charge on any atom is 0.337 e. The molecule has 1 fully saturated rings. The normalized spacial score (nSPS) is 14.8. The van der Waals surface area contributed by atoms with Crippen molar-refractivity contribution in [2.75, 3.05) is 42.9 Å². The molecule has 0 bridgehead atoms. The summed E-state index contributed by atoms with van der Waals surface area (Å²) in [5.74, 6) is -1.37. The Morgan fingerprint density at radius 2 is 1.81 bits per heavy atom. The van der Waals surface area contributed by atoms with Gasteiger partial charge in [-0.1, -0.05) is 24.6 Å². The fourth-order valence-corrected chi connectivity index (χ4v) is 3.32. The van der Waals surface area contributed by atoms with E-state index in [-0.39, 0.29) is 11.5 Å². The van der Waals surface area contributed by atoms with Crippen molar-refractivity contribution >= 4 is 23.3 Å². The lowest BCUT2D eigenvalue weighted by Gasteiger charge is -2.35. The predicted octanol–water partition coefficient (Wildman–Crippen LogP) is 3.09. The molecule has 2 N–H and O–H groups in total. The van der Waals surface area contributed by atoms with Gasteiger partial charge in [-0.3, -0.25) is 4.79 Å². The molecule has 0 radical (unpaired) electrons. The lowest BCUT2D eigenvalue weighted by molar-refractivity contribution is 0.0698. The van der Waals surface area contributed by atoms with Gasteiger partial charge in [0.25, 0.3) is 5.91 Å². The number of rotatable bonds is 5. The number of hydrogen-bond donors (Lipinski definition) is 2. The number of carbonyl (C=O) groups excluding carboxylic acids is 1. The second-order valence-corrected chi connectivity index (χ2v) is 6.78. The first kappa shape index (κ1) is 18.9. The van der Waals surface area contributed by atoms with Crippen LogP contribution in [0.1, 0.15) is 33.2 Å². The summed E-state index contributed by atoms with van der Waals surface area (Å²) in [6, 6.07) is 12.4. The molecule has 3 rings (SSSR count). The maximum absolute atomic E-state index is 12.5. The average molecular weight is 367 g/mol. The van der Waals surface area contributed by atoms with E-state index >= 15 is 0 Å². The first-order valence-corrected chi connectivity index (χ1v) is 9.20. The molecular weight excluding hydrogens is 342 g/mol. The van der Waals surface area contributed by atoms with E-state index in [0.29, 0.717) is 11.3 Å². The van der Waals surface area contributed by atoms with Gasteiger partial charge in [0.05, 0.1) is 11.3 Å². The Morgan fingerprint density at radius 3 is 2.44 bits per heavy atom. The van der Waals surface area contributed by atoms with Crippen molar-refractivity contribution in [3.05, 3.63) is 59.2 Å². The number of nitrogens with one attached hydrogen (secondary N) is 1. The van der Waals surface area contributed by atoms with Crippen molar-refractivity contribution in [2.45, 2.75) is 13.8 Å². The highest BCUT2D eigenvalue weighted by Crippen LogP contribution is 2.25. The van der Waals surface area contributed by atoms with E-state index in [1.54, 1.807) is 30.3 Å². The smallest absolute Gasteiger partial charge is 0.337 e. The van der Waals surface area contributed by atoms with Crippen LogP contribution >= 0.6 is 0 Å². The van der Waals surface area contributed by atoms with Crippen LogP contribution in [0.15, 0.2) is 42.5 Å². The van der Waals surface area contributed by atoms with Gasteiger partial charge in [0.2, 0.25) is 0 Å². The largest absolute Gasteiger partial charge is 0.478 e. The third-order valence-electron chi connectivity index (χ3n) is 4.95. The minimum Gasteiger partial charge on any atom is -0.478 e. The average Bonchev–Trinajstić information content (AvgIpc) is 2.68. The highest BCUT2D eigenvalue weighted by atomic mass is 16.4. The van der Waals surface area contributed by atoms with Gasteiger partial charge in [0.1, 0.15) is 0 Å². The van der Waals surface area contributed by atoms with Crippen LogP contribution in [-0.2, 0) is 0 Å². The first-order valence-electron chi connectivity index (χ1n) is 9.20. The Hall–Kier alpha value is -2.86. The first-order chi connectivity index (χ1) is 13.0. The highest BCUT2D eigenvalue weighted by molar-refractivity contribution is 6.08. The Balaban J connectivity index is 1.80. The second kappa shape index (κ2) is 8.22. The Morgan fingerprint density at radius 1 is 1.07 bits per heavy atom. The summed E-state index contributed by atoms with van der Waals surface area (Å²) >= 11 is 0. The van der Waals surface area contributed by atoms with E-state index in [0.717, 1.165) is 44.0 Å². The minimum atomic E-state index is -1.05. The van der Waals surface area contributed by atoms with Gasteiger partial charge in [-0.25, -0.2) is 4.79 Å². The van der Waals surface area contributed by atoms with Crippen LogP contribution in [0.4, 0.5) is 11.4 Å². The number of benzene rings is 2. The Bertz CT molecular complexity index is 842. The van der Waals surface area contributed by atoms with Crippen molar-refractivity contribution in [3.8, 4) is 0 Å². The Kier molecular flexibility index (Phi) is 5.76. The number of carboxylic acids is 1. The fraction of sp³-hybridized carbons (Fsp3) is 0.333. The van der Waals surface area contributed by atoms with Crippen LogP contribution in [0.5, 0.6) is 0 Å². The molecule has 0 unspecified atom stereocenters. The maximum atomic E-state index is 12.5. The van der Waals surface area contributed by atoms with E-state index in [1.165, 1.54) is 0 Å². The molecule has 0 atom stereocenters. The number of aryl methyl sites for hydroxylation is 1. The fourth-order valence-electron chi connectivity index (χ4n) is 3.32. The summed E-state index contributed by atoms with van der Waals surface area (Å²) in [7, 11) is 0. The molecule has 1 amide bonds. The molecule has 0 aliphatic carbocycles. The molecule has 6 heteroatoms. The molecule has 0 aromatic heterocycles. The molecule has 6 nitrogen and oxygen atoms in total. The van der Waals surface area contributed by atoms with Crippen LogP contribution < -0.4 is 10.2 Å². The summed E-state index contributed by atoms with van der Waals surface area (Å²) in [5.41, 5.74) is 2.77. The topological polar surface area (TPSA) is 72.9 Å². The van der Waals surface area contributed by atoms with Crippen molar-refractivity contribution < 1.29 is 14.7 Å². The number of piperazine rings is 1. The SMILES string of the molecule is CCN1CCN(c2ccc(NC(=O)c3cccc(C)c3)c(C(=O)O)c2)CC1. The summed E-state index contributed by atoms with van der Waals surface area (Å²) in [6.45, 7) is 8.73. The zero-order valence-electron chi connectivity index (χ0n) is 15.7. The van der Waals surface area contributed by atoms with Gasteiger partial charge in [-0.15, -0.1) is 0 Å². The minimum absolute atomic E-state index is 0.103. The zero-order valence-corrected chi connectivity index (χ0v) is 15.7. The van der Waals surface area contributed by atoms with Crippen molar-refractivity contribution in [1.29, 1.82) is 0 Å². The van der Waals surface area contributed by atoms with Crippen LogP contribution in [0.25, 0.3) is 0 Å². The van der Waals surface area contributed by atoms with E-state index in [4.69, 9.17) is 0 Å². The molecule has 1 heterocycles. The molecular formula is C21H25N3O3. The van der Waals surface area contributed by atoms with E-state index in [2.05, 4.69) is 22.0 Å². The number of carbonyl (C=O) groups is 2. The van der Waals surface area contributed by atoms with Crippen LogP contribution in [0.2, 0.25) is 0 Å². The summed E-state index contributed by atoms with van der Waals surface area (Å²) in [6.07, 6.45) is 0.